The largest absolute Gasteiger partial charge is 0.399 e. The highest BCUT2D eigenvalue weighted by Crippen LogP contribution is 2.41. The maximum absolute atomic E-state index is 5.90. The minimum absolute atomic E-state index is 0.556. The molecule has 1 heterocycles. The molecule has 1 aliphatic rings. The average Bonchev–Trinajstić information content (AvgIpc) is 3.19. The van der Waals surface area contributed by atoms with E-state index in [-0.39, 0.29) is 0 Å². The van der Waals surface area contributed by atoms with Crippen LogP contribution in [0.3, 0.4) is 0 Å². The van der Waals surface area contributed by atoms with Crippen LogP contribution in [0.15, 0.2) is 42.5 Å². The Kier molecular flexibility index (Phi) is 2.27. The fourth-order valence-electron chi connectivity index (χ4n) is 2.70. The lowest BCUT2D eigenvalue weighted by Gasteiger charge is -2.08. The summed E-state index contributed by atoms with van der Waals surface area (Å²) in [5.74, 6) is 0.986. The van der Waals surface area contributed by atoms with Crippen molar-refractivity contribution in [2.24, 2.45) is 0 Å². The van der Waals surface area contributed by atoms with Crippen LogP contribution in [0.2, 0.25) is 0 Å². The average molecular weight is 264 g/mol. The molecule has 100 valence electrons. The SMILES string of the molecule is Nc1cccc(-c2nc3cc(N)ccc3n2C2CC2)c1. The third-order valence-electron chi connectivity index (χ3n) is 3.77. The molecule has 4 N–H and O–H groups in total. The summed E-state index contributed by atoms with van der Waals surface area (Å²) >= 11 is 0. The lowest BCUT2D eigenvalue weighted by Crippen LogP contribution is -1.98. The van der Waals surface area contributed by atoms with Crippen LogP contribution in [0.4, 0.5) is 11.4 Å². The fourth-order valence-corrected chi connectivity index (χ4v) is 2.70. The first kappa shape index (κ1) is 11.3. The van der Waals surface area contributed by atoms with Crippen molar-refractivity contribution in [3.63, 3.8) is 0 Å². The monoisotopic (exact) mass is 264 g/mol. The molecule has 3 aromatic rings. The van der Waals surface area contributed by atoms with Gasteiger partial charge in [0.25, 0.3) is 0 Å². The zero-order chi connectivity index (χ0) is 13.7. The molecule has 0 atom stereocenters. The van der Waals surface area contributed by atoms with Gasteiger partial charge in [-0.2, -0.15) is 0 Å². The number of hydrogen-bond acceptors (Lipinski definition) is 3. The van der Waals surface area contributed by atoms with Gasteiger partial charge >= 0.3 is 0 Å². The molecule has 20 heavy (non-hydrogen) atoms. The lowest BCUT2D eigenvalue weighted by atomic mass is 10.2. The number of aromatic nitrogens is 2. The maximum Gasteiger partial charge on any atom is 0.141 e. The first-order valence-corrected chi connectivity index (χ1v) is 6.86. The smallest absolute Gasteiger partial charge is 0.141 e. The summed E-state index contributed by atoms with van der Waals surface area (Å²) in [6.07, 6.45) is 2.43. The molecule has 1 fully saturated rings. The molecular formula is C16H16N4. The number of benzene rings is 2. The van der Waals surface area contributed by atoms with Crippen molar-refractivity contribution < 1.29 is 0 Å². The van der Waals surface area contributed by atoms with Gasteiger partial charge in [0.15, 0.2) is 0 Å². The molecule has 0 saturated heterocycles. The number of imidazole rings is 1. The molecule has 4 rings (SSSR count). The van der Waals surface area contributed by atoms with E-state index in [1.807, 2.05) is 30.3 Å². The second-order valence-electron chi connectivity index (χ2n) is 5.41. The molecule has 0 unspecified atom stereocenters. The molecule has 1 aromatic heterocycles. The second kappa shape index (κ2) is 4.00. The third-order valence-corrected chi connectivity index (χ3v) is 3.77. The van der Waals surface area contributed by atoms with Gasteiger partial charge < -0.3 is 16.0 Å². The summed E-state index contributed by atoms with van der Waals surface area (Å²) in [7, 11) is 0. The van der Waals surface area contributed by atoms with Crippen LogP contribution in [-0.4, -0.2) is 9.55 Å². The van der Waals surface area contributed by atoms with Crippen molar-refractivity contribution in [2.45, 2.75) is 18.9 Å². The van der Waals surface area contributed by atoms with Crippen LogP contribution in [-0.2, 0) is 0 Å². The van der Waals surface area contributed by atoms with E-state index in [1.165, 1.54) is 12.8 Å². The zero-order valence-corrected chi connectivity index (χ0v) is 11.1. The van der Waals surface area contributed by atoms with Gasteiger partial charge in [-0.05, 0) is 43.2 Å². The van der Waals surface area contributed by atoms with E-state index in [2.05, 4.69) is 16.7 Å². The van der Waals surface area contributed by atoms with Crippen LogP contribution in [0.5, 0.6) is 0 Å². The van der Waals surface area contributed by atoms with Gasteiger partial charge in [0.1, 0.15) is 5.82 Å². The molecule has 0 bridgehead atoms. The molecule has 2 aromatic carbocycles. The number of nitrogens with two attached hydrogens (primary N) is 2. The quantitative estimate of drug-likeness (QED) is 0.698. The van der Waals surface area contributed by atoms with Gasteiger partial charge in [0, 0.05) is 23.0 Å². The summed E-state index contributed by atoms with van der Waals surface area (Å²) in [6, 6.07) is 14.4. The highest BCUT2D eigenvalue weighted by atomic mass is 15.1. The van der Waals surface area contributed by atoms with Crippen molar-refractivity contribution in [1.82, 2.24) is 9.55 Å². The minimum Gasteiger partial charge on any atom is -0.399 e. The predicted molar refractivity (Wildman–Crippen MR) is 82.3 cm³/mol. The Balaban J connectivity index is 2.00. The summed E-state index contributed by atoms with van der Waals surface area (Å²) in [4.78, 5) is 4.77. The van der Waals surface area contributed by atoms with Crippen LogP contribution < -0.4 is 11.5 Å². The van der Waals surface area contributed by atoms with Gasteiger partial charge in [-0.3, -0.25) is 0 Å². The summed E-state index contributed by atoms with van der Waals surface area (Å²) in [5.41, 5.74) is 16.4. The van der Waals surface area contributed by atoms with Crippen LogP contribution in [0, 0.1) is 0 Å². The highest BCUT2D eigenvalue weighted by Gasteiger charge is 2.28. The molecule has 4 nitrogen and oxygen atoms in total. The van der Waals surface area contributed by atoms with E-state index in [0.717, 1.165) is 33.8 Å². The van der Waals surface area contributed by atoms with E-state index in [9.17, 15) is 0 Å². The van der Waals surface area contributed by atoms with E-state index in [1.54, 1.807) is 0 Å². The Morgan fingerprint density at radius 3 is 2.55 bits per heavy atom. The second-order valence-corrected chi connectivity index (χ2v) is 5.41. The third kappa shape index (κ3) is 1.72. The predicted octanol–water partition coefficient (Wildman–Crippen LogP) is 3.20. The number of hydrogen-bond donors (Lipinski definition) is 2. The Hall–Kier alpha value is -2.49. The standard InChI is InChI=1S/C16H16N4/c17-11-3-1-2-10(8-11)16-19-14-9-12(18)4-7-15(14)20(16)13-5-6-13/h1-4,7-9,13H,5-6,17-18H2. The molecule has 1 aliphatic carbocycles. The van der Waals surface area contributed by atoms with E-state index in [0.29, 0.717) is 6.04 Å². The van der Waals surface area contributed by atoms with E-state index < -0.39 is 0 Å². The summed E-state index contributed by atoms with van der Waals surface area (Å²) < 4.78 is 2.32. The fraction of sp³-hybridized carbons (Fsp3) is 0.188. The normalized spacial score (nSPS) is 14.8. The van der Waals surface area contributed by atoms with Crippen LogP contribution in [0.25, 0.3) is 22.4 Å². The Morgan fingerprint density at radius 2 is 1.80 bits per heavy atom. The topological polar surface area (TPSA) is 69.9 Å². The van der Waals surface area contributed by atoms with Crippen molar-refractivity contribution in [3.8, 4) is 11.4 Å². The number of fused-ring (bicyclic) bond motifs is 1. The van der Waals surface area contributed by atoms with Crippen molar-refractivity contribution in [2.75, 3.05) is 11.5 Å². The molecule has 4 heteroatoms. The van der Waals surface area contributed by atoms with Crippen LogP contribution in [0.1, 0.15) is 18.9 Å². The van der Waals surface area contributed by atoms with Gasteiger partial charge in [-0.25, -0.2) is 4.98 Å². The van der Waals surface area contributed by atoms with Gasteiger partial charge in [0.05, 0.1) is 11.0 Å². The van der Waals surface area contributed by atoms with Gasteiger partial charge in [0.2, 0.25) is 0 Å². The van der Waals surface area contributed by atoms with Crippen LogP contribution >= 0.6 is 0 Å². The zero-order valence-electron chi connectivity index (χ0n) is 11.1. The Bertz CT molecular complexity index is 799. The molecule has 0 radical (unpaired) electrons. The van der Waals surface area contributed by atoms with Crippen molar-refractivity contribution >= 4 is 22.4 Å². The number of nitrogen functional groups attached to an aromatic ring is 2. The molecule has 0 amide bonds. The van der Waals surface area contributed by atoms with Gasteiger partial charge in [-0.1, -0.05) is 12.1 Å². The van der Waals surface area contributed by atoms with E-state index in [4.69, 9.17) is 16.5 Å². The summed E-state index contributed by atoms with van der Waals surface area (Å²) in [5, 5.41) is 0. The number of nitrogens with zero attached hydrogens (tertiary/aromatic N) is 2. The number of anilines is 2. The highest BCUT2D eigenvalue weighted by molar-refractivity contribution is 5.84. The lowest BCUT2D eigenvalue weighted by molar-refractivity contribution is 0.775. The van der Waals surface area contributed by atoms with Gasteiger partial charge in [-0.15, -0.1) is 0 Å². The molecule has 0 spiro atoms. The first-order valence-electron chi connectivity index (χ1n) is 6.86. The first-order chi connectivity index (χ1) is 9.72. The maximum atomic E-state index is 5.90. The molecule has 0 aliphatic heterocycles. The van der Waals surface area contributed by atoms with Crippen molar-refractivity contribution in [3.05, 3.63) is 42.5 Å². The number of rotatable bonds is 2. The van der Waals surface area contributed by atoms with Crippen molar-refractivity contribution in [1.29, 1.82) is 0 Å². The summed E-state index contributed by atoms with van der Waals surface area (Å²) in [6.45, 7) is 0. The van der Waals surface area contributed by atoms with E-state index >= 15 is 0 Å². The minimum atomic E-state index is 0.556. The Morgan fingerprint density at radius 1 is 1.00 bits per heavy atom. The molecule has 1 saturated carbocycles. The molecular weight excluding hydrogens is 248 g/mol. The Labute approximate surface area is 117 Å².